The van der Waals surface area contributed by atoms with Gasteiger partial charge in [-0.2, -0.15) is 0 Å². The zero-order chi connectivity index (χ0) is 24.4. The summed E-state index contributed by atoms with van der Waals surface area (Å²) >= 11 is 0. The highest BCUT2D eigenvalue weighted by atomic mass is 16.5. The number of hydrogen-bond acceptors (Lipinski definition) is 4. The lowest BCUT2D eigenvalue weighted by Crippen LogP contribution is -2.63. The van der Waals surface area contributed by atoms with Gasteiger partial charge in [0.05, 0.1) is 5.60 Å². The predicted octanol–water partition coefficient (Wildman–Crippen LogP) is 5.08. The molecule has 3 rings (SSSR count). The van der Waals surface area contributed by atoms with Crippen LogP contribution in [0, 0.1) is 23.7 Å². The fourth-order valence-corrected chi connectivity index (χ4v) is 7.81. The zero-order valence-corrected chi connectivity index (χ0v) is 22.1. The Morgan fingerprint density at radius 3 is 2.35 bits per heavy atom. The van der Waals surface area contributed by atoms with Crippen LogP contribution in [0.2, 0.25) is 0 Å². The molecular weight excluding hydrogens is 426 g/mol. The number of aliphatic hydroxyl groups is 1. The number of hydrogen-bond donors (Lipinski definition) is 3. The number of methoxy groups -OCH3 is 1. The van der Waals surface area contributed by atoms with Crippen molar-refractivity contribution in [2.24, 2.45) is 29.4 Å². The molecule has 198 valence electrons. The first-order valence-electron chi connectivity index (χ1n) is 14.4. The van der Waals surface area contributed by atoms with Crippen LogP contribution < -0.4 is 11.1 Å². The molecule has 3 aliphatic rings. The third-order valence-corrected chi connectivity index (χ3v) is 9.41. The molecule has 6 heteroatoms. The number of amides is 2. The van der Waals surface area contributed by atoms with Gasteiger partial charge in [-0.25, -0.2) is 4.79 Å². The minimum atomic E-state index is -0.731. The molecule has 2 amide bonds. The molecule has 3 fully saturated rings. The smallest absolute Gasteiger partial charge is 0.315 e. The predicted molar refractivity (Wildman–Crippen MR) is 139 cm³/mol. The molecule has 2 saturated carbocycles. The maximum atomic E-state index is 12.7. The summed E-state index contributed by atoms with van der Waals surface area (Å²) in [4.78, 5) is 14.7. The van der Waals surface area contributed by atoms with Gasteiger partial charge < -0.3 is 25.8 Å². The van der Waals surface area contributed by atoms with Gasteiger partial charge in [0.25, 0.3) is 0 Å². The second-order valence-electron chi connectivity index (χ2n) is 11.6. The normalized spacial score (nSPS) is 27.9. The molecule has 2 aliphatic carbocycles. The Labute approximate surface area is 208 Å². The maximum Gasteiger partial charge on any atom is 0.315 e. The second-order valence-corrected chi connectivity index (χ2v) is 11.6. The van der Waals surface area contributed by atoms with Crippen molar-refractivity contribution in [2.75, 3.05) is 33.9 Å². The fourth-order valence-electron chi connectivity index (χ4n) is 7.81. The van der Waals surface area contributed by atoms with E-state index in [0.717, 1.165) is 77.0 Å². The van der Waals surface area contributed by atoms with Gasteiger partial charge >= 0.3 is 6.03 Å². The van der Waals surface area contributed by atoms with Gasteiger partial charge in [0.2, 0.25) is 0 Å². The molecule has 0 radical (unpaired) electrons. The molecule has 2 unspecified atom stereocenters. The van der Waals surface area contributed by atoms with Crippen LogP contribution in [0.3, 0.4) is 0 Å². The lowest BCUT2D eigenvalue weighted by molar-refractivity contribution is -0.130. The van der Waals surface area contributed by atoms with E-state index in [4.69, 9.17) is 10.5 Å². The average molecular weight is 480 g/mol. The first-order valence-corrected chi connectivity index (χ1v) is 14.4. The number of ether oxygens (including phenoxy) is 1. The lowest BCUT2D eigenvalue weighted by Gasteiger charge is -2.54. The summed E-state index contributed by atoms with van der Waals surface area (Å²) in [6.45, 7) is 2.35. The van der Waals surface area contributed by atoms with Crippen molar-refractivity contribution < 1.29 is 14.6 Å². The minimum absolute atomic E-state index is 0.0231. The summed E-state index contributed by atoms with van der Waals surface area (Å²) in [5.41, 5.74) is 5.29. The summed E-state index contributed by atoms with van der Waals surface area (Å²) in [6, 6.07) is -0.278. The Balaban J connectivity index is 1.91. The van der Waals surface area contributed by atoms with E-state index in [0.29, 0.717) is 11.8 Å². The standard InChI is InChI=1S/C28H53N3O3/c1-30-21-23(20-22-12-5-3-6-13-22)26-25(16-11-18-31(26)27(29)32)28(33,17-9-10-19-34-2)24-14-7-4-8-15-24/h22-26,30,33H,3-21H2,1-2H3,(H2,29,32)/t23-,25?,26?,28+/m0/s1. The number of likely N-dealkylation sites (tertiary alicyclic amines) is 1. The Hall–Kier alpha value is -0.850. The third kappa shape index (κ3) is 7.10. The molecule has 1 aliphatic heterocycles. The number of nitrogens with two attached hydrogens (primary N) is 1. The Morgan fingerprint density at radius 2 is 1.74 bits per heavy atom. The maximum absolute atomic E-state index is 12.7. The van der Waals surface area contributed by atoms with Crippen molar-refractivity contribution in [3.8, 4) is 0 Å². The molecule has 1 saturated heterocycles. The molecule has 4 atom stereocenters. The van der Waals surface area contributed by atoms with Crippen molar-refractivity contribution in [1.82, 2.24) is 10.2 Å². The largest absolute Gasteiger partial charge is 0.389 e. The molecule has 6 nitrogen and oxygen atoms in total. The monoisotopic (exact) mass is 479 g/mol. The van der Waals surface area contributed by atoms with E-state index in [9.17, 15) is 9.90 Å². The zero-order valence-electron chi connectivity index (χ0n) is 22.1. The lowest BCUT2D eigenvalue weighted by atomic mass is 9.61. The molecule has 0 bridgehead atoms. The van der Waals surface area contributed by atoms with Gasteiger partial charge in [0.15, 0.2) is 0 Å². The van der Waals surface area contributed by atoms with Gasteiger partial charge in [0.1, 0.15) is 0 Å². The number of urea groups is 1. The van der Waals surface area contributed by atoms with Crippen LogP contribution in [0.4, 0.5) is 4.79 Å². The van der Waals surface area contributed by atoms with Crippen LogP contribution in [0.1, 0.15) is 103 Å². The number of rotatable bonds is 12. The van der Waals surface area contributed by atoms with Crippen molar-refractivity contribution >= 4 is 6.03 Å². The SMILES string of the molecule is CNC[C@H](CC1CCCCC1)C1C([C@@](O)(CCCCOC)C2CCCCC2)CCCN1C(N)=O. The van der Waals surface area contributed by atoms with Crippen LogP contribution in [0.5, 0.6) is 0 Å². The number of primary amides is 1. The number of nitrogens with zero attached hydrogens (tertiary/aromatic N) is 1. The summed E-state index contributed by atoms with van der Waals surface area (Å²) < 4.78 is 5.31. The summed E-state index contributed by atoms with van der Waals surface area (Å²) in [7, 11) is 3.78. The van der Waals surface area contributed by atoms with Crippen LogP contribution in [-0.4, -0.2) is 61.5 Å². The van der Waals surface area contributed by atoms with E-state index in [1.165, 1.54) is 51.4 Å². The highest BCUT2D eigenvalue weighted by Crippen LogP contribution is 2.48. The third-order valence-electron chi connectivity index (χ3n) is 9.41. The molecule has 0 aromatic carbocycles. The number of unbranched alkanes of at least 4 members (excludes halogenated alkanes) is 1. The molecule has 0 aromatic heterocycles. The van der Waals surface area contributed by atoms with Crippen molar-refractivity contribution in [3.63, 3.8) is 0 Å². The number of carbonyl (C=O) groups is 1. The van der Waals surface area contributed by atoms with E-state index in [1.807, 2.05) is 11.9 Å². The van der Waals surface area contributed by atoms with Crippen molar-refractivity contribution in [2.45, 2.75) is 114 Å². The fraction of sp³-hybridized carbons (Fsp3) is 0.964. The van der Waals surface area contributed by atoms with E-state index < -0.39 is 5.60 Å². The highest BCUT2D eigenvalue weighted by Gasteiger charge is 2.51. The molecule has 1 heterocycles. The van der Waals surface area contributed by atoms with E-state index in [1.54, 1.807) is 7.11 Å². The van der Waals surface area contributed by atoms with Gasteiger partial charge in [-0.15, -0.1) is 0 Å². The topological polar surface area (TPSA) is 87.8 Å². The first-order chi connectivity index (χ1) is 16.5. The summed E-state index contributed by atoms with van der Waals surface area (Å²) in [5.74, 6) is 1.49. The quantitative estimate of drug-likeness (QED) is 0.341. The molecular formula is C28H53N3O3. The Morgan fingerprint density at radius 1 is 1.06 bits per heavy atom. The van der Waals surface area contributed by atoms with Crippen molar-refractivity contribution in [1.29, 1.82) is 0 Å². The molecule has 34 heavy (non-hydrogen) atoms. The van der Waals surface area contributed by atoms with Crippen molar-refractivity contribution in [3.05, 3.63) is 0 Å². The van der Waals surface area contributed by atoms with Crippen LogP contribution in [-0.2, 0) is 4.74 Å². The van der Waals surface area contributed by atoms with Gasteiger partial charge in [0, 0.05) is 32.2 Å². The molecule has 0 aromatic rings. The Bertz CT molecular complexity index is 591. The number of nitrogens with one attached hydrogen (secondary N) is 1. The van der Waals surface area contributed by atoms with E-state index >= 15 is 0 Å². The first kappa shape index (κ1) is 27.7. The van der Waals surface area contributed by atoms with Gasteiger partial charge in [-0.1, -0.05) is 51.4 Å². The molecule has 4 N–H and O–H groups in total. The molecule has 0 spiro atoms. The number of piperidine rings is 1. The minimum Gasteiger partial charge on any atom is -0.389 e. The summed E-state index contributed by atoms with van der Waals surface area (Å²) in [6.07, 6.45) is 18.4. The van der Waals surface area contributed by atoms with Crippen LogP contribution in [0.15, 0.2) is 0 Å². The second kappa shape index (κ2) is 14.0. The number of carbonyl (C=O) groups excluding carboxylic acids is 1. The van der Waals surface area contributed by atoms with E-state index in [-0.39, 0.29) is 18.0 Å². The van der Waals surface area contributed by atoms with Gasteiger partial charge in [-0.3, -0.25) is 0 Å². The van der Waals surface area contributed by atoms with Crippen LogP contribution in [0.25, 0.3) is 0 Å². The summed E-state index contributed by atoms with van der Waals surface area (Å²) in [5, 5.41) is 16.1. The van der Waals surface area contributed by atoms with Gasteiger partial charge in [-0.05, 0) is 82.7 Å². The average Bonchev–Trinajstić information content (AvgIpc) is 2.87. The van der Waals surface area contributed by atoms with E-state index in [2.05, 4.69) is 5.32 Å². The highest BCUT2D eigenvalue weighted by molar-refractivity contribution is 5.72. The van der Waals surface area contributed by atoms with Crippen LogP contribution >= 0.6 is 0 Å². The Kier molecular flexibility index (Phi) is 11.4.